The monoisotopic (exact) mass is 496 g/mol. The van der Waals surface area contributed by atoms with Crippen molar-refractivity contribution >= 4 is 45.9 Å². The van der Waals surface area contributed by atoms with Gasteiger partial charge in [0.25, 0.3) is 11.8 Å². The second-order valence-electron chi connectivity index (χ2n) is 8.02. The summed E-state index contributed by atoms with van der Waals surface area (Å²) in [6.07, 6.45) is 2.87. The Bertz CT molecular complexity index is 1280. The topological polar surface area (TPSA) is 184 Å². The van der Waals surface area contributed by atoms with E-state index >= 15 is 0 Å². The highest BCUT2D eigenvalue weighted by Crippen LogP contribution is 2.24. The molecule has 2 aromatic rings. The van der Waals surface area contributed by atoms with E-state index in [1.165, 1.54) is 25.1 Å². The molecular weight excluding hydrogens is 468 g/mol. The summed E-state index contributed by atoms with van der Waals surface area (Å²) < 4.78 is 10.4. The number of hydrogen-bond donors (Lipinski definition) is 5. The molecule has 1 aliphatic heterocycles. The zero-order chi connectivity index (χ0) is 26.4. The number of hydrogen-bond acceptors (Lipinski definition) is 10. The van der Waals surface area contributed by atoms with Gasteiger partial charge in [0, 0.05) is 23.1 Å². The first-order valence-electron chi connectivity index (χ1n) is 11.1. The lowest BCUT2D eigenvalue weighted by atomic mass is 10.1. The van der Waals surface area contributed by atoms with Gasteiger partial charge in [0.1, 0.15) is 5.84 Å². The van der Waals surface area contributed by atoms with Gasteiger partial charge in [-0.25, -0.2) is 0 Å². The number of nitrogen functional groups attached to an aromatic ring is 1. The smallest absolute Gasteiger partial charge is 0.260 e. The van der Waals surface area contributed by atoms with Crippen LogP contribution in [0.2, 0.25) is 0 Å². The Balaban J connectivity index is 1.65. The number of carbonyl (C=O) groups is 3. The SMILES string of the molecule is C/C=C(\C=C/C(C)=O)N/C(C)=C\C(=N)N1CCOC(C(O)C(=O)Nc2ccc3c(N)noc3c2)C1=O. The minimum absolute atomic E-state index is 0.0220. The average molecular weight is 497 g/mol. The van der Waals surface area contributed by atoms with Gasteiger partial charge < -0.3 is 30.7 Å². The summed E-state index contributed by atoms with van der Waals surface area (Å²) in [5.74, 6) is -1.64. The number of fused-ring (bicyclic) bond motifs is 1. The van der Waals surface area contributed by atoms with Crippen molar-refractivity contribution in [2.45, 2.75) is 33.0 Å². The van der Waals surface area contributed by atoms with Crippen LogP contribution in [0.1, 0.15) is 20.8 Å². The van der Waals surface area contributed by atoms with E-state index in [9.17, 15) is 19.5 Å². The Morgan fingerprint density at radius 2 is 2.08 bits per heavy atom. The number of carbonyl (C=O) groups excluding carboxylic acids is 3. The standard InChI is InChI=1S/C24H28N6O6/c1-4-15(6-5-14(3)31)27-13(2)11-19(25)30-9-10-35-21(24(30)34)20(32)23(33)28-16-7-8-17-18(12-16)36-29-22(17)26/h4-8,11-12,20-21,25,27,32H,9-10H2,1-3H3,(H2,26,29)(H,28,33)/b6-5-,13-11-,15-4+,25-19?. The van der Waals surface area contributed by atoms with Gasteiger partial charge >= 0.3 is 0 Å². The molecule has 1 fully saturated rings. The molecule has 0 bridgehead atoms. The van der Waals surface area contributed by atoms with E-state index in [-0.39, 0.29) is 30.6 Å². The summed E-state index contributed by atoms with van der Waals surface area (Å²) in [5.41, 5.74) is 7.50. The number of amides is 2. The van der Waals surface area contributed by atoms with E-state index in [1.54, 1.807) is 38.1 Å². The largest absolute Gasteiger partial charge is 0.380 e. The second kappa shape index (κ2) is 11.4. The van der Waals surface area contributed by atoms with E-state index in [0.717, 1.165) is 4.90 Å². The van der Waals surface area contributed by atoms with Gasteiger partial charge in [-0.3, -0.25) is 24.7 Å². The van der Waals surface area contributed by atoms with E-state index in [2.05, 4.69) is 15.8 Å². The lowest BCUT2D eigenvalue weighted by Crippen LogP contribution is -2.56. The molecule has 2 amide bonds. The minimum Gasteiger partial charge on any atom is -0.380 e. The van der Waals surface area contributed by atoms with Crippen LogP contribution in [0.25, 0.3) is 11.0 Å². The van der Waals surface area contributed by atoms with Crippen LogP contribution in [0, 0.1) is 5.41 Å². The summed E-state index contributed by atoms with van der Waals surface area (Å²) in [4.78, 5) is 37.9. The van der Waals surface area contributed by atoms with Crippen LogP contribution in [-0.4, -0.2) is 64.0 Å². The van der Waals surface area contributed by atoms with Gasteiger partial charge in [-0.1, -0.05) is 11.2 Å². The maximum absolute atomic E-state index is 13.0. The molecule has 6 N–H and O–H groups in total. The molecule has 1 saturated heterocycles. The molecule has 3 rings (SSSR count). The number of morpholine rings is 1. The fraction of sp³-hybridized carbons (Fsp3) is 0.292. The number of anilines is 2. The number of aromatic nitrogens is 1. The van der Waals surface area contributed by atoms with Crippen molar-refractivity contribution < 1.29 is 28.8 Å². The lowest BCUT2D eigenvalue weighted by Gasteiger charge is -2.33. The highest BCUT2D eigenvalue weighted by Gasteiger charge is 2.39. The predicted octanol–water partition coefficient (Wildman–Crippen LogP) is 1.46. The summed E-state index contributed by atoms with van der Waals surface area (Å²) >= 11 is 0. The molecule has 12 nitrogen and oxygen atoms in total. The summed E-state index contributed by atoms with van der Waals surface area (Å²) in [7, 11) is 0. The van der Waals surface area contributed by atoms with E-state index in [1.807, 2.05) is 0 Å². The Kier molecular flexibility index (Phi) is 8.35. The Morgan fingerprint density at radius 3 is 2.78 bits per heavy atom. The summed E-state index contributed by atoms with van der Waals surface area (Å²) in [6.45, 7) is 5.02. The molecule has 0 saturated carbocycles. The van der Waals surface area contributed by atoms with Crippen LogP contribution in [0.5, 0.6) is 0 Å². The van der Waals surface area contributed by atoms with Crippen LogP contribution < -0.4 is 16.4 Å². The molecule has 0 radical (unpaired) electrons. The zero-order valence-electron chi connectivity index (χ0n) is 20.1. The van der Waals surface area contributed by atoms with Crippen LogP contribution in [0.15, 0.2) is 58.4 Å². The van der Waals surface area contributed by atoms with Crippen LogP contribution >= 0.6 is 0 Å². The van der Waals surface area contributed by atoms with E-state index in [4.69, 9.17) is 20.4 Å². The summed E-state index contributed by atoms with van der Waals surface area (Å²) in [6, 6.07) is 4.64. The van der Waals surface area contributed by atoms with Gasteiger partial charge in [0.05, 0.1) is 18.5 Å². The van der Waals surface area contributed by atoms with Gasteiger partial charge in [-0.15, -0.1) is 0 Å². The minimum atomic E-state index is -1.82. The molecule has 2 atom stereocenters. The second-order valence-corrected chi connectivity index (χ2v) is 8.02. The molecule has 1 aromatic heterocycles. The fourth-order valence-corrected chi connectivity index (χ4v) is 3.42. The molecule has 36 heavy (non-hydrogen) atoms. The molecule has 0 spiro atoms. The number of aliphatic hydroxyl groups is 1. The first-order valence-corrected chi connectivity index (χ1v) is 11.1. The Hall–Kier alpha value is -4.29. The van der Waals surface area contributed by atoms with Crippen molar-refractivity contribution in [3.05, 3.63) is 53.9 Å². The number of allylic oxidation sites excluding steroid dienone is 4. The molecule has 2 unspecified atom stereocenters. The van der Waals surface area contributed by atoms with E-state index in [0.29, 0.717) is 28.1 Å². The molecule has 1 aromatic carbocycles. The molecular formula is C24H28N6O6. The third-order valence-corrected chi connectivity index (χ3v) is 5.24. The van der Waals surface area contributed by atoms with Gasteiger partial charge in [0.15, 0.2) is 29.4 Å². The fourth-order valence-electron chi connectivity index (χ4n) is 3.42. The van der Waals surface area contributed by atoms with Crippen molar-refractivity contribution in [1.29, 1.82) is 5.41 Å². The maximum Gasteiger partial charge on any atom is 0.260 e. The van der Waals surface area contributed by atoms with Crippen molar-refractivity contribution in [3.63, 3.8) is 0 Å². The van der Waals surface area contributed by atoms with Crippen molar-refractivity contribution in [2.24, 2.45) is 0 Å². The Labute approximate surface area is 206 Å². The molecule has 1 aliphatic rings. The Morgan fingerprint density at radius 1 is 1.33 bits per heavy atom. The molecule has 190 valence electrons. The third kappa shape index (κ3) is 6.23. The zero-order valence-corrected chi connectivity index (χ0v) is 20.1. The summed E-state index contributed by atoms with van der Waals surface area (Å²) in [5, 5.41) is 28.6. The van der Waals surface area contributed by atoms with Gasteiger partial charge in [-0.05, 0) is 51.1 Å². The van der Waals surface area contributed by atoms with Crippen molar-refractivity contribution in [1.82, 2.24) is 15.4 Å². The van der Waals surface area contributed by atoms with Crippen LogP contribution in [0.4, 0.5) is 11.5 Å². The number of aliphatic hydroxyl groups excluding tert-OH is 1. The predicted molar refractivity (Wildman–Crippen MR) is 133 cm³/mol. The quantitative estimate of drug-likeness (QED) is 0.156. The number of rotatable bonds is 8. The third-order valence-electron chi connectivity index (χ3n) is 5.24. The maximum atomic E-state index is 13.0. The van der Waals surface area contributed by atoms with Crippen molar-refractivity contribution in [3.8, 4) is 0 Å². The van der Waals surface area contributed by atoms with E-state index < -0.39 is 24.0 Å². The van der Waals surface area contributed by atoms with Crippen LogP contribution in [-0.2, 0) is 19.1 Å². The number of nitrogens with two attached hydrogens (primary N) is 1. The number of ether oxygens (including phenoxy) is 1. The first kappa shape index (κ1) is 26.3. The van der Waals surface area contributed by atoms with Crippen molar-refractivity contribution in [2.75, 3.05) is 24.2 Å². The number of nitrogens with one attached hydrogen (secondary N) is 3. The average Bonchev–Trinajstić information content (AvgIpc) is 3.21. The lowest BCUT2D eigenvalue weighted by molar-refractivity contribution is -0.161. The molecule has 2 heterocycles. The highest BCUT2D eigenvalue weighted by atomic mass is 16.5. The number of ketones is 1. The van der Waals surface area contributed by atoms with Crippen LogP contribution in [0.3, 0.4) is 0 Å². The molecule has 0 aliphatic carbocycles. The van der Waals surface area contributed by atoms with Gasteiger partial charge in [-0.2, -0.15) is 0 Å². The normalized spacial score (nSPS) is 17.9. The van der Waals surface area contributed by atoms with Gasteiger partial charge in [0.2, 0.25) is 0 Å². The number of benzene rings is 1. The number of nitrogens with zero attached hydrogens (tertiary/aromatic N) is 2. The highest BCUT2D eigenvalue weighted by molar-refractivity contribution is 6.07. The number of amidine groups is 1. The first-order chi connectivity index (χ1) is 17.1. The molecule has 12 heteroatoms.